The van der Waals surface area contributed by atoms with Gasteiger partial charge >= 0.3 is 0 Å². The molecule has 0 amide bonds. The number of hydrogen-bond acceptors (Lipinski definition) is 1. The maximum Gasteiger partial charge on any atom is 0.153 e. The lowest BCUT2D eigenvalue weighted by atomic mass is 10.3. The van der Waals surface area contributed by atoms with Crippen molar-refractivity contribution in [2.45, 2.75) is 12.8 Å². The van der Waals surface area contributed by atoms with Crippen LogP contribution in [0.4, 0.5) is 10.1 Å². The van der Waals surface area contributed by atoms with Crippen molar-refractivity contribution in [3.63, 3.8) is 0 Å². The van der Waals surface area contributed by atoms with Crippen LogP contribution in [-0.4, -0.2) is 13.1 Å². The van der Waals surface area contributed by atoms with E-state index in [0.29, 0.717) is 14.0 Å². The van der Waals surface area contributed by atoms with Crippen LogP contribution < -0.4 is 4.90 Å². The van der Waals surface area contributed by atoms with Crippen molar-refractivity contribution in [2.24, 2.45) is 0 Å². The van der Waals surface area contributed by atoms with Crippen molar-refractivity contribution < 1.29 is 4.39 Å². The van der Waals surface area contributed by atoms with Gasteiger partial charge in [0.2, 0.25) is 0 Å². The largest absolute Gasteiger partial charge is 0.369 e. The summed E-state index contributed by atoms with van der Waals surface area (Å²) in [6.07, 6.45) is 2.28. The number of hydrogen-bond donors (Lipinski definition) is 0. The molecule has 0 saturated carbocycles. The lowest BCUT2D eigenvalue weighted by Gasteiger charge is -2.21. The molecule has 1 aliphatic rings. The molecule has 0 unspecified atom stereocenters. The number of anilines is 1. The fourth-order valence-electron chi connectivity index (χ4n) is 1.79. The van der Waals surface area contributed by atoms with Crippen LogP contribution in [0.2, 0.25) is 5.02 Å². The molecule has 2 rings (SSSR count). The smallest absolute Gasteiger partial charge is 0.153 e. The van der Waals surface area contributed by atoms with Gasteiger partial charge in [0.05, 0.1) is 19.7 Å². The molecule has 0 aromatic heterocycles. The van der Waals surface area contributed by atoms with Gasteiger partial charge < -0.3 is 4.90 Å². The minimum atomic E-state index is -0.290. The van der Waals surface area contributed by atoms with E-state index in [-0.39, 0.29) is 5.82 Å². The van der Waals surface area contributed by atoms with Crippen LogP contribution in [0.1, 0.15) is 12.8 Å². The zero-order valence-electron chi connectivity index (χ0n) is 7.86. The summed E-state index contributed by atoms with van der Waals surface area (Å²) in [6, 6.07) is 1.61. The summed E-state index contributed by atoms with van der Waals surface area (Å²) in [7, 11) is 0. The Bertz CT molecular complexity index is 391. The summed E-state index contributed by atoms with van der Waals surface area (Å²) in [5.74, 6) is -0.290. The Morgan fingerprint density at radius 1 is 1.27 bits per heavy atom. The van der Waals surface area contributed by atoms with Crippen LogP contribution in [0.3, 0.4) is 0 Å². The van der Waals surface area contributed by atoms with Crippen LogP contribution in [0.25, 0.3) is 0 Å². The maximum absolute atomic E-state index is 13.6. The molecule has 1 fully saturated rings. The first-order valence-corrected chi connectivity index (χ1v) is 6.65. The molecule has 82 valence electrons. The molecule has 0 bridgehead atoms. The SMILES string of the molecule is Fc1c(Br)cc(Cl)c(N2CCCC2)c1Br. The lowest BCUT2D eigenvalue weighted by Crippen LogP contribution is -2.19. The van der Waals surface area contributed by atoms with Crippen LogP contribution >= 0.6 is 43.5 Å². The summed E-state index contributed by atoms with van der Waals surface area (Å²) < 4.78 is 14.5. The average Bonchev–Trinajstić information content (AvgIpc) is 2.68. The van der Waals surface area contributed by atoms with E-state index in [4.69, 9.17) is 11.6 Å². The van der Waals surface area contributed by atoms with E-state index in [1.54, 1.807) is 6.07 Å². The second kappa shape index (κ2) is 4.60. The summed E-state index contributed by atoms with van der Waals surface area (Å²) in [5, 5.41) is 0.581. The Morgan fingerprint density at radius 2 is 1.87 bits per heavy atom. The van der Waals surface area contributed by atoms with E-state index in [9.17, 15) is 4.39 Å². The van der Waals surface area contributed by atoms with Crippen molar-refractivity contribution >= 4 is 49.1 Å². The Labute approximate surface area is 110 Å². The highest BCUT2D eigenvalue weighted by Gasteiger charge is 2.21. The first kappa shape index (κ1) is 11.7. The van der Waals surface area contributed by atoms with Crippen LogP contribution in [0, 0.1) is 5.82 Å². The van der Waals surface area contributed by atoms with Crippen molar-refractivity contribution in [2.75, 3.05) is 18.0 Å². The molecule has 0 radical (unpaired) electrons. The molecule has 1 aliphatic heterocycles. The van der Waals surface area contributed by atoms with E-state index < -0.39 is 0 Å². The predicted octanol–water partition coefficient (Wildman–Crippen LogP) is 4.60. The van der Waals surface area contributed by atoms with Gasteiger partial charge in [-0.3, -0.25) is 0 Å². The molecule has 1 heterocycles. The van der Waals surface area contributed by atoms with Crippen LogP contribution in [0.5, 0.6) is 0 Å². The van der Waals surface area contributed by atoms with E-state index in [0.717, 1.165) is 31.6 Å². The number of benzene rings is 1. The third-order valence-corrected chi connectivity index (χ3v) is 4.10. The number of rotatable bonds is 1. The number of nitrogens with zero attached hydrogens (tertiary/aromatic N) is 1. The van der Waals surface area contributed by atoms with E-state index in [2.05, 4.69) is 36.8 Å². The molecule has 1 saturated heterocycles. The van der Waals surface area contributed by atoms with Crippen molar-refractivity contribution in [3.05, 3.63) is 25.9 Å². The molecular formula is C10H9Br2ClFN. The third kappa shape index (κ3) is 2.17. The predicted molar refractivity (Wildman–Crippen MR) is 68.3 cm³/mol. The Balaban J connectivity index is 2.50. The average molecular weight is 357 g/mol. The van der Waals surface area contributed by atoms with Crippen LogP contribution in [0.15, 0.2) is 15.0 Å². The molecule has 15 heavy (non-hydrogen) atoms. The standard InChI is InChI=1S/C10H9Br2ClFN/c11-6-5-7(13)10(8(12)9(6)14)15-3-1-2-4-15/h5H,1-4H2. The lowest BCUT2D eigenvalue weighted by molar-refractivity contribution is 0.613. The van der Waals surface area contributed by atoms with Gasteiger partial charge in [-0.1, -0.05) is 11.6 Å². The van der Waals surface area contributed by atoms with Gasteiger partial charge in [0.1, 0.15) is 0 Å². The summed E-state index contributed by atoms with van der Waals surface area (Å²) >= 11 is 12.5. The normalized spacial score (nSPS) is 16.1. The number of halogens is 4. The Morgan fingerprint density at radius 3 is 2.47 bits per heavy atom. The summed E-state index contributed by atoms with van der Waals surface area (Å²) in [4.78, 5) is 2.11. The third-order valence-electron chi connectivity index (χ3n) is 2.51. The van der Waals surface area contributed by atoms with E-state index >= 15 is 0 Å². The van der Waals surface area contributed by atoms with Gasteiger partial charge in [0.15, 0.2) is 5.82 Å². The highest BCUT2D eigenvalue weighted by molar-refractivity contribution is 9.11. The fraction of sp³-hybridized carbons (Fsp3) is 0.400. The second-order valence-electron chi connectivity index (χ2n) is 3.51. The molecule has 0 atom stereocenters. The molecule has 5 heteroatoms. The monoisotopic (exact) mass is 355 g/mol. The first-order valence-electron chi connectivity index (χ1n) is 4.69. The highest BCUT2D eigenvalue weighted by Crippen LogP contribution is 2.40. The van der Waals surface area contributed by atoms with Crippen molar-refractivity contribution in [1.82, 2.24) is 0 Å². The summed E-state index contributed by atoms with van der Waals surface area (Å²) in [5.41, 5.74) is 0.773. The van der Waals surface area contributed by atoms with Gasteiger partial charge in [-0.2, -0.15) is 0 Å². The zero-order valence-corrected chi connectivity index (χ0v) is 11.8. The van der Waals surface area contributed by atoms with Crippen molar-refractivity contribution in [3.8, 4) is 0 Å². The topological polar surface area (TPSA) is 3.24 Å². The molecule has 1 aromatic carbocycles. The second-order valence-corrected chi connectivity index (χ2v) is 5.57. The fourth-order valence-corrected chi connectivity index (χ4v) is 3.73. The van der Waals surface area contributed by atoms with Gasteiger partial charge in [-0.25, -0.2) is 4.39 Å². The van der Waals surface area contributed by atoms with Crippen molar-refractivity contribution in [1.29, 1.82) is 0 Å². The van der Waals surface area contributed by atoms with Gasteiger partial charge in [-0.15, -0.1) is 0 Å². The molecular weight excluding hydrogens is 348 g/mol. The minimum Gasteiger partial charge on any atom is -0.369 e. The molecule has 1 nitrogen and oxygen atoms in total. The summed E-state index contributed by atoms with van der Waals surface area (Å²) in [6.45, 7) is 1.89. The van der Waals surface area contributed by atoms with Crippen LogP contribution in [-0.2, 0) is 0 Å². The molecule has 0 spiro atoms. The highest BCUT2D eigenvalue weighted by atomic mass is 79.9. The molecule has 1 aromatic rings. The minimum absolute atomic E-state index is 0.290. The maximum atomic E-state index is 13.6. The Hall–Kier alpha value is 0.200. The van der Waals surface area contributed by atoms with E-state index in [1.807, 2.05) is 0 Å². The van der Waals surface area contributed by atoms with Gasteiger partial charge in [-0.05, 0) is 50.8 Å². The molecule has 0 N–H and O–H groups in total. The quantitative estimate of drug-likeness (QED) is 0.524. The van der Waals surface area contributed by atoms with E-state index in [1.165, 1.54) is 0 Å². The Kier molecular flexibility index (Phi) is 3.58. The zero-order chi connectivity index (χ0) is 11.0. The molecule has 0 aliphatic carbocycles. The van der Waals surface area contributed by atoms with Gasteiger partial charge in [0, 0.05) is 13.1 Å². The first-order chi connectivity index (χ1) is 7.11. The van der Waals surface area contributed by atoms with Gasteiger partial charge in [0.25, 0.3) is 0 Å².